The molecule has 2 aromatic carbocycles. The SMILES string of the molecule is CNS(=O)(=O)c1cccc(C(=O)NCCc2ccc(S(N)(=O)=O)cc2)c1. The van der Waals surface area contributed by atoms with E-state index < -0.39 is 26.0 Å². The molecular weight excluding hydrogens is 378 g/mol. The molecule has 140 valence electrons. The van der Waals surface area contributed by atoms with Crippen molar-refractivity contribution in [2.75, 3.05) is 13.6 Å². The first-order valence-electron chi connectivity index (χ1n) is 7.57. The lowest BCUT2D eigenvalue weighted by molar-refractivity contribution is 0.0954. The van der Waals surface area contributed by atoms with E-state index in [9.17, 15) is 21.6 Å². The number of hydrogen-bond donors (Lipinski definition) is 3. The fraction of sp³-hybridized carbons (Fsp3) is 0.188. The maximum Gasteiger partial charge on any atom is 0.251 e. The predicted molar refractivity (Wildman–Crippen MR) is 96.5 cm³/mol. The quantitative estimate of drug-likeness (QED) is 0.614. The molecule has 0 aliphatic heterocycles. The summed E-state index contributed by atoms with van der Waals surface area (Å²) in [6.07, 6.45) is 0.477. The highest BCUT2D eigenvalue weighted by Gasteiger charge is 2.14. The van der Waals surface area contributed by atoms with E-state index in [2.05, 4.69) is 10.0 Å². The van der Waals surface area contributed by atoms with Gasteiger partial charge in [0, 0.05) is 12.1 Å². The maximum atomic E-state index is 12.2. The average molecular weight is 397 g/mol. The summed E-state index contributed by atoms with van der Waals surface area (Å²) in [5.41, 5.74) is 1.05. The molecule has 10 heteroatoms. The van der Waals surface area contributed by atoms with Crippen molar-refractivity contribution in [1.29, 1.82) is 0 Å². The molecule has 0 aliphatic carbocycles. The molecule has 0 aliphatic rings. The van der Waals surface area contributed by atoms with Crippen molar-refractivity contribution in [3.63, 3.8) is 0 Å². The second-order valence-corrected chi connectivity index (χ2v) is 8.88. The minimum atomic E-state index is -3.73. The van der Waals surface area contributed by atoms with Gasteiger partial charge in [-0.2, -0.15) is 0 Å². The van der Waals surface area contributed by atoms with Crippen molar-refractivity contribution in [3.8, 4) is 0 Å². The third-order valence-corrected chi connectivity index (χ3v) is 5.97. The lowest BCUT2D eigenvalue weighted by Crippen LogP contribution is -2.26. The molecule has 2 aromatic rings. The first-order chi connectivity index (χ1) is 12.1. The number of sulfonamides is 2. The number of primary sulfonamides is 1. The Kier molecular flexibility index (Phi) is 6.13. The van der Waals surface area contributed by atoms with Gasteiger partial charge in [-0.1, -0.05) is 18.2 Å². The van der Waals surface area contributed by atoms with Gasteiger partial charge in [-0.3, -0.25) is 4.79 Å². The Hall–Kier alpha value is -2.27. The summed E-state index contributed by atoms with van der Waals surface area (Å²) in [5.74, 6) is -0.403. The number of nitrogens with two attached hydrogens (primary N) is 1. The summed E-state index contributed by atoms with van der Waals surface area (Å²) in [4.78, 5) is 12.2. The smallest absolute Gasteiger partial charge is 0.251 e. The summed E-state index contributed by atoms with van der Waals surface area (Å²) in [6.45, 7) is 0.302. The summed E-state index contributed by atoms with van der Waals surface area (Å²) in [5, 5.41) is 7.72. The zero-order chi connectivity index (χ0) is 19.4. The van der Waals surface area contributed by atoms with Gasteiger partial charge in [0.15, 0.2) is 0 Å². The Morgan fingerprint density at radius 1 is 1.00 bits per heavy atom. The molecule has 0 saturated carbocycles. The number of carbonyl (C=O) groups is 1. The van der Waals surface area contributed by atoms with Gasteiger partial charge in [-0.25, -0.2) is 26.7 Å². The van der Waals surface area contributed by atoms with Crippen molar-refractivity contribution in [3.05, 3.63) is 59.7 Å². The van der Waals surface area contributed by atoms with E-state index in [1.807, 2.05) is 0 Å². The van der Waals surface area contributed by atoms with Gasteiger partial charge in [0.2, 0.25) is 20.0 Å². The van der Waals surface area contributed by atoms with Crippen molar-refractivity contribution in [2.45, 2.75) is 16.2 Å². The number of rotatable bonds is 7. The van der Waals surface area contributed by atoms with Crippen LogP contribution in [0.3, 0.4) is 0 Å². The lowest BCUT2D eigenvalue weighted by atomic mass is 10.1. The van der Waals surface area contributed by atoms with E-state index in [1.165, 1.54) is 43.4 Å². The minimum Gasteiger partial charge on any atom is -0.352 e. The third-order valence-electron chi connectivity index (χ3n) is 3.63. The Balaban J connectivity index is 1.98. The lowest BCUT2D eigenvalue weighted by Gasteiger charge is -2.08. The number of carbonyl (C=O) groups excluding carboxylic acids is 1. The fourth-order valence-electron chi connectivity index (χ4n) is 2.19. The van der Waals surface area contributed by atoms with Gasteiger partial charge in [0.05, 0.1) is 9.79 Å². The van der Waals surface area contributed by atoms with E-state index in [1.54, 1.807) is 12.1 Å². The second-order valence-electron chi connectivity index (χ2n) is 5.43. The molecule has 1 amide bonds. The minimum absolute atomic E-state index is 0.00577. The van der Waals surface area contributed by atoms with Crippen molar-refractivity contribution >= 4 is 26.0 Å². The standard InChI is InChI=1S/C16H19N3O5S2/c1-18-26(23,24)15-4-2-3-13(11-15)16(20)19-10-9-12-5-7-14(8-6-12)25(17,21)22/h2-8,11,18H,9-10H2,1H3,(H,19,20)(H2,17,21,22). The Morgan fingerprint density at radius 3 is 2.23 bits per heavy atom. The van der Waals surface area contributed by atoms with E-state index in [-0.39, 0.29) is 15.4 Å². The zero-order valence-corrected chi connectivity index (χ0v) is 15.6. The summed E-state index contributed by atoms with van der Waals surface area (Å²) >= 11 is 0. The topological polar surface area (TPSA) is 135 Å². The van der Waals surface area contributed by atoms with E-state index >= 15 is 0 Å². The third kappa shape index (κ3) is 5.11. The number of amides is 1. The van der Waals surface area contributed by atoms with Crippen LogP contribution in [0.25, 0.3) is 0 Å². The van der Waals surface area contributed by atoms with E-state index in [0.717, 1.165) is 5.56 Å². The van der Waals surface area contributed by atoms with Gasteiger partial charge in [0.25, 0.3) is 5.91 Å². The van der Waals surface area contributed by atoms with Crippen LogP contribution in [0.2, 0.25) is 0 Å². The fourth-order valence-corrected chi connectivity index (χ4v) is 3.48. The van der Waals surface area contributed by atoms with Crippen LogP contribution in [0.4, 0.5) is 0 Å². The van der Waals surface area contributed by atoms with Gasteiger partial charge in [-0.05, 0) is 49.4 Å². The van der Waals surface area contributed by atoms with Crippen molar-refractivity contribution < 1.29 is 21.6 Å². The summed E-state index contributed by atoms with van der Waals surface area (Å²) in [6, 6.07) is 11.7. The Morgan fingerprint density at radius 2 is 1.65 bits per heavy atom. The van der Waals surface area contributed by atoms with Crippen LogP contribution in [-0.4, -0.2) is 36.3 Å². The Bertz CT molecular complexity index is 1000. The average Bonchev–Trinajstić information content (AvgIpc) is 2.61. The van der Waals surface area contributed by atoms with Crippen LogP contribution in [0.5, 0.6) is 0 Å². The molecule has 0 heterocycles. The summed E-state index contributed by atoms with van der Waals surface area (Å²) < 4.78 is 48.1. The zero-order valence-electron chi connectivity index (χ0n) is 14.0. The second kappa shape index (κ2) is 7.96. The molecule has 0 atom stereocenters. The molecule has 0 aromatic heterocycles. The van der Waals surface area contributed by atoms with Crippen molar-refractivity contribution in [1.82, 2.24) is 10.0 Å². The van der Waals surface area contributed by atoms with E-state index in [4.69, 9.17) is 5.14 Å². The molecule has 0 saturated heterocycles. The highest BCUT2D eigenvalue weighted by atomic mass is 32.2. The molecule has 0 spiro atoms. The molecule has 0 bridgehead atoms. The largest absolute Gasteiger partial charge is 0.352 e. The molecule has 26 heavy (non-hydrogen) atoms. The van der Waals surface area contributed by atoms with Gasteiger partial charge >= 0.3 is 0 Å². The van der Waals surface area contributed by atoms with Gasteiger partial charge in [0.1, 0.15) is 0 Å². The number of hydrogen-bond acceptors (Lipinski definition) is 5. The number of benzene rings is 2. The first kappa shape index (κ1) is 20.0. The first-order valence-corrected chi connectivity index (χ1v) is 10.6. The van der Waals surface area contributed by atoms with Gasteiger partial charge in [-0.15, -0.1) is 0 Å². The van der Waals surface area contributed by atoms with Crippen LogP contribution in [0.1, 0.15) is 15.9 Å². The molecule has 4 N–H and O–H groups in total. The summed E-state index contributed by atoms with van der Waals surface area (Å²) in [7, 11) is -6.06. The van der Waals surface area contributed by atoms with Crippen LogP contribution in [0, 0.1) is 0 Å². The maximum absolute atomic E-state index is 12.2. The molecule has 8 nitrogen and oxygen atoms in total. The predicted octanol–water partition coefficient (Wildman–Crippen LogP) is 0.215. The highest BCUT2D eigenvalue weighted by molar-refractivity contribution is 7.89. The van der Waals surface area contributed by atoms with Crippen LogP contribution in [0.15, 0.2) is 58.3 Å². The van der Waals surface area contributed by atoms with Crippen LogP contribution >= 0.6 is 0 Å². The van der Waals surface area contributed by atoms with Crippen LogP contribution < -0.4 is 15.2 Å². The molecule has 0 unspecified atom stereocenters. The van der Waals surface area contributed by atoms with Crippen molar-refractivity contribution in [2.24, 2.45) is 5.14 Å². The monoisotopic (exact) mass is 397 g/mol. The van der Waals surface area contributed by atoms with E-state index in [0.29, 0.717) is 13.0 Å². The molecule has 0 fully saturated rings. The molecule has 0 radical (unpaired) electrons. The number of nitrogens with one attached hydrogen (secondary N) is 2. The Labute approximate surface area is 152 Å². The molecule has 2 rings (SSSR count). The highest BCUT2D eigenvalue weighted by Crippen LogP contribution is 2.12. The normalized spacial score (nSPS) is 11.9. The van der Waals surface area contributed by atoms with Gasteiger partial charge < -0.3 is 5.32 Å². The van der Waals surface area contributed by atoms with Crippen LogP contribution in [-0.2, 0) is 26.5 Å². The molecular formula is C16H19N3O5S2.